The van der Waals surface area contributed by atoms with Crippen LogP contribution < -0.4 is 10.1 Å². The molecule has 170 valence electrons. The highest BCUT2D eigenvalue weighted by Crippen LogP contribution is 2.21. The van der Waals surface area contributed by atoms with Gasteiger partial charge in [0.05, 0.1) is 6.54 Å². The average Bonchev–Trinajstić information content (AvgIpc) is 3.44. The van der Waals surface area contributed by atoms with Gasteiger partial charge >= 0.3 is 0 Å². The SMILES string of the molecule is CC(C)c1ccc(OCc2ccc(C(=O)Nc3ccn(Cc4ccc(F)cc4Cl)n3)o2)cc1. The standard InChI is InChI=1S/C25H23ClFN3O3/c1-16(2)17-4-7-20(8-5-17)32-15-21-9-10-23(33-21)25(31)28-24-11-12-30(29-24)14-18-3-6-19(27)13-22(18)26/h3-13,16H,14-15H2,1-2H3,(H,28,29,31). The number of hydrogen-bond acceptors (Lipinski definition) is 4. The van der Waals surface area contributed by atoms with Crippen LogP contribution in [0.3, 0.4) is 0 Å². The molecule has 0 atom stereocenters. The molecule has 8 heteroatoms. The third-order valence-corrected chi connectivity index (χ3v) is 5.39. The van der Waals surface area contributed by atoms with Crippen LogP contribution in [0.5, 0.6) is 5.75 Å². The summed E-state index contributed by atoms with van der Waals surface area (Å²) in [6.45, 7) is 4.82. The Balaban J connectivity index is 1.32. The molecule has 1 amide bonds. The van der Waals surface area contributed by atoms with E-state index < -0.39 is 11.7 Å². The van der Waals surface area contributed by atoms with E-state index in [4.69, 9.17) is 20.8 Å². The summed E-state index contributed by atoms with van der Waals surface area (Å²) in [5.41, 5.74) is 1.95. The van der Waals surface area contributed by atoms with Gasteiger partial charge in [0.1, 0.15) is 23.9 Å². The van der Waals surface area contributed by atoms with Crippen molar-refractivity contribution in [2.45, 2.75) is 32.9 Å². The fourth-order valence-corrected chi connectivity index (χ4v) is 3.43. The number of nitrogens with one attached hydrogen (secondary N) is 1. The molecule has 0 unspecified atom stereocenters. The van der Waals surface area contributed by atoms with Crippen LogP contribution in [0.1, 0.15) is 47.2 Å². The number of carbonyl (C=O) groups excluding carboxylic acids is 1. The number of rotatable bonds is 8. The Bertz CT molecular complexity index is 1250. The maximum absolute atomic E-state index is 13.2. The second-order valence-corrected chi connectivity index (χ2v) is 8.27. The number of benzene rings is 2. The molecular weight excluding hydrogens is 445 g/mol. The Morgan fingerprint density at radius 3 is 2.67 bits per heavy atom. The first-order valence-corrected chi connectivity index (χ1v) is 10.9. The molecule has 0 saturated carbocycles. The first-order chi connectivity index (χ1) is 15.9. The van der Waals surface area contributed by atoms with Crippen LogP contribution in [0.15, 0.2) is 71.3 Å². The van der Waals surface area contributed by atoms with Crippen LogP contribution in [-0.2, 0) is 13.2 Å². The number of amides is 1. The summed E-state index contributed by atoms with van der Waals surface area (Å²) in [5, 5.41) is 7.31. The van der Waals surface area contributed by atoms with Gasteiger partial charge in [-0.05, 0) is 53.4 Å². The van der Waals surface area contributed by atoms with E-state index in [-0.39, 0.29) is 12.4 Å². The molecule has 6 nitrogen and oxygen atoms in total. The van der Waals surface area contributed by atoms with Gasteiger partial charge in [-0.25, -0.2) is 4.39 Å². The predicted octanol–water partition coefficient (Wildman–Crippen LogP) is 6.27. The van der Waals surface area contributed by atoms with E-state index in [1.807, 2.05) is 24.3 Å². The molecule has 2 aromatic carbocycles. The maximum Gasteiger partial charge on any atom is 0.292 e. The normalized spacial score (nSPS) is 11.1. The molecule has 2 heterocycles. The lowest BCUT2D eigenvalue weighted by atomic mass is 10.0. The molecule has 0 aliphatic rings. The number of ether oxygens (including phenoxy) is 1. The smallest absolute Gasteiger partial charge is 0.292 e. The molecule has 1 N–H and O–H groups in total. The van der Waals surface area contributed by atoms with Crippen LogP contribution in [0.4, 0.5) is 10.2 Å². The minimum Gasteiger partial charge on any atom is -0.486 e. The van der Waals surface area contributed by atoms with Crippen LogP contribution in [0.2, 0.25) is 5.02 Å². The van der Waals surface area contributed by atoms with Crippen LogP contribution in [-0.4, -0.2) is 15.7 Å². The Labute approximate surface area is 195 Å². The van der Waals surface area contributed by atoms with Crippen molar-refractivity contribution in [3.05, 3.63) is 100 Å². The number of furan rings is 1. The van der Waals surface area contributed by atoms with Crippen molar-refractivity contribution >= 4 is 23.3 Å². The topological polar surface area (TPSA) is 69.3 Å². The van der Waals surface area contributed by atoms with Gasteiger partial charge in [0, 0.05) is 17.3 Å². The summed E-state index contributed by atoms with van der Waals surface area (Å²) in [4.78, 5) is 12.5. The van der Waals surface area contributed by atoms with Crippen molar-refractivity contribution in [2.75, 3.05) is 5.32 Å². The number of carbonyl (C=O) groups is 1. The zero-order chi connectivity index (χ0) is 23.4. The summed E-state index contributed by atoms with van der Waals surface area (Å²) in [6.07, 6.45) is 1.70. The first-order valence-electron chi connectivity index (χ1n) is 10.5. The molecule has 33 heavy (non-hydrogen) atoms. The number of nitrogens with zero attached hydrogens (tertiary/aromatic N) is 2. The minimum absolute atomic E-state index is 0.153. The summed E-state index contributed by atoms with van der Waals surface area (Å²) in [6, 6.07) is 17.0. The van der Waals surface area contributed by atoms with Gasteiger partial charge in [-0.2, -0.15) is 5.10 Å². The minimum atomic E-state index is -0.424. The predicted molar refractivity (Wildman–Crippen MR) is 124 cm³/mol. The second kappa shape index (κ2) is 9.92. The lowest BCUT2D eigenvalue weighted by Crippen LogP contribution is -2.12. The maximum atomic E-state index is 13.2. The van der Waals surface area contributed by atoms with Crippen molar-refractivity contribution in [2.24, 2.45) is 0 Å². The Kier molecular flexibility index (Phi) is 6.79. The van der Waals surface area contributed by atoms with Gasteiger partial charge in [0.2, 0.25) is 0 Å². The highest BCUT2D eigenvalue weighted by molar-refractivity contribution is 6.31. The quantitative estimate of drug-likeness (QED) is 0.331. The van der Waals surface area contributed by atoms with Gasteiger partial charge in [0.25, 0.3) is 5.91 Å². The van der Waals surface area contributed by atoms with Gasteiger partial charge in [-0.1, -0.05) is 43.6 Å². The summed E-state index contributed by atoms with van der Waals surface area (Å²) in [5.74, 6) is 1.41. The molecule has 2 aromatic heterocycles. The van der Waals surface area contributed by atoms with Gasteiger partial charge in [-0.3, -0.25) is 9.48 Å². The second-order valence-electron chi connectivity index (χ2n) is 7.87. The van der Waals surface area contributed by atoms with Crippen LogP contribution in [0.25, 0.3) is 0 Å². The molecule has 0 aliphatic carbocycles. The largest absolute Gasteiger partial charge is 0.486 e. The van der Waals surface area contributed by atoms with Gasteiger partial charge in [-0.15, -0.1) is 0 Å². The van der Waals surface area contributed by atoms with Gasteiger partial charge < -0.3 is 14.5 Å². The lowest BCUT2D eigenvalue weighted by molar-refractivity contribution is 0.0992. The number of aromatic nitrogens is 2. The van der Waals surface area contributed by atoms with E-state index >= 15 is 0 Å². The summed E-state index contributed by atoms with van der Waals surface area (Å²) in [7, 11) is 0. The van der Waals surface area contributed by atoms with E-state index in [2.05, 4.69) is 24.3 Å². The number of hydrogen-bond donors (Lipinski definition) is 1. The van der Waals surface area contributed by atoms with Crippen molar-refractivity contribution < 1.29 is 18.3 Å². The molecule has 0 aliphatic heterocycles. The van der Waals surface area contributed by atoms with Crippen molar-refractivity contribution in [3.8, 4) is 5.75 Å². The number of anilines is 1. The van der Waals surface area contributed by atoms with Crippen molar-refractivity contribution in [3.63, 3.8) is 0 Å². The Morgan fingerprint density at radius 2 is 1.94 bits per heavy atom. The molecule has 4 rings (SSSR count). The monoisotopic (exact) mass is 467 g/mol. The molecule has 0 fully saturated rings. The van der Waals surface area contributed by atoms with Crippen LogP contribution >= 0.6 is 11.6 Å². The van der Waals surface area contributed by atoms with E-state index in [1.54, 1.807) is 35.1 Å². The van der Waals surface area contributed by atoms with E-state index in [0.29, 0.717) is 34.6 Å². The number of halogens is 2. The Hall–Kier alpha value is -3.58. The Morgan fingerprint density at radius 1 is 1.15 bits per heavy atom. The lowest BCUT2D eigenvalue weighted by Gasteiger charge is -2.08. The average molecular weight is 468 g/mol. The molecule has 0 bridgehead atoms. The molecule has 0 spiro atoms. The third kappa shape index (κ3) is 5.81. The highest BCUT2D eigenvalue weighted by Gasteiger charge is 2.14. The summed E-state index contributed by atoms with van der Waals surface area (Å²) < 4.78 is 26.1. The van der Waals surface area contributed by atoms with Crippen molar-refractivity contribution in [1.29, 1.82) is 0 Å². The highest BCUT2D eigenvalue weighted by atomic mass is 35.5. The zero-order valence-electron chi connectivity index (χ0n) is 18.2. The van der Waals surface area contributed by atoms with E-state index in [0.717, 1.165) is 5.75 Å². The van der Waals surface area contributed by atoms with Crippen molar-refractivity contribution in [1.82, 2.24) is 9.78 Å². The molecule has 0 radical (unpaired) electrons. The molecular formula is C25H23ClFN3O3. The molecule has 0 saturated heterocycles. The van der Waals surface area contributed by atoms with Crippen LogP contribution in [0, 0.1) is 5.82 Å². The molecule has 4 aromatic rings. The van der Waals surface area contributed by atoms with E-state index in [9.17, 15) is 9.18 Å². The summed E-state index contributed by atoms with van der Waals surface area (Å²) >= 11 is 6.06. The zero-order valence-corrected chi connectivity index (χ0v) is 19.0. The fourth-order valence-electron chi connectivity index (χ4n) is 3.20. The van der Waals surface area contributed by atoms with E-state index in [1.165, 1.54) is 17.7 Å². The first kappa shape index (κ1) is 22.6. The fraction of sp³-hybridized carbons (Fsp3) is 0.200. The third-order valence-electron chi connectivity index (χ3n) is 5.04. The van der Waals surface area contributed by atoms with Gasteiger partial charge in [0.15, 0.2) is 11.6 Å².